The molecule has 0 radical (unpaired) electrons. The van der Waals surface area contributed by atoms with Crippen LogP contribution in [-0.2, 0) is 11.3 Å². The van der Waals surface area contributed by atoms with E-state index in [1.165, 1.54) is 5.56 Å². The summed E-state index contributed by atoms with van der Waals surface area (Å²) in [6, 6.07) is 10.3. The summed E-state index contributed by atoms with van der Waals surface area (Å²) in [5.41, 5.74) is 1.23. The molecule has 0 aromatic heterocycles. The minimum Gasteiger partial charge on any atom is -0.481 e. The van der Waals surface area contributed by atoms with Crippen LogP contribution in [0.25, 0.3) is 0 Å². The molecule has 0 saturated carbocycles. The Hall–Kier alpha value is -1.35. The van der Waals surface area contributed by atoms with Gasteiger partial charge in [0.1, 0.15) is 0 Å². The molecule has 1 aromatic rings. The van der Waals surface area contributed by atoms with E-state index in [-0.39, 0.29) is 12.5 Å². The SMILES string of the molecule is CCCN(Cc1ccccc1)C(C)CC(=O)O. The van der Waals surface area contributed by atoms with Gasteiger partial charge in [-0.1, -0.05) is 37.3 Å². The molecule has 0 fully saturated rings. The standard InChI is InChI=1S/C14H21NO2/c1-3-9-15(12(2)10-14(16)17)11-13-7-5-4-6-8-13/h4-8,12H,3,9-11H2,1-2H3,(H,16,17). The molecule has 1 rings (SSSR count). The van der Waals surface area contributed by atoms with Crippen LogP contribution in [0.2, 0.25) is 0 Å². The highest BCUT2D eigenvalue weighted by Crippen LogP contribution is 2.11. The smallest absolute Gasteiger partial charge is 0.304 e. The molecule has 3 heteroatoms. The van der Waals surface area contributed by atoms with Crippen LogP contribution < -0.4 is 0 Å². The Labute approximate surface area is 103 Å². The van der Waals surface area contributed by atoms with Crippen molar-refractivity contribution in [1.29, 1.82) is 0 Å². The molecule has 1 N–H and O–H groups in total. The number of carboxylic acid groups (broad SMARTS) is 1. The summed E-state index contributed by atoms with van der Waals surface area (Å²) < 4.78 is 0. The molecule has 1 aromatic carbocycles. The number of rotatable bonds is 7. The van der Waals surface area contributed by atoms with Gasteiger partial charge in [0, 0.05) is 12.6 Å². The lowest BCUT2D eigenvalue weighted by atomic mass is 10.1. The summed E-state index contributed by atoms with van der Waals surface area (Å²) in [7, 11) is 0. The lowest BCUT2D eigenvalue weighted by Gasteiger charge is -2.27. The van der Waals surface area contributed by atoms with E-state index < -0.39 is 5.97 Å². The maximum absolute atomic E-state index is 10.7. The Morgan fingerprint density at radius 3 is 2.53 bits per heavy atom. The van der Waals surface area contributed by atoms with Gasteiger partial charge in [0.2, 0.25) is 0 Å². The monoisotopic (exact) mass is 235 g/mol. The highest BCUT2D eigenvalue weighted by Gasteiger charge is 2.16. The predicted molar refractivity (Wildman–Crippen MR) is 68.9 cm³/mol. The normalized spacial score (nSPS) is 12.6. The molecular weight excluding hydrogens is 214 g/mol. The van der Waals surface area contributed by atoms with Crippen LogP contribution in [0.5, 0.6) is 0 Å². The van der Waals surface area contributed by atoms with Crippen LogP contribution in [-0.4, -0.2) is 28.6 Å². The topological polar surface area (TPSA) is 40.5 Å². The Morgan fingerprint density at radius 1 is 1.35 bits per heavy atom. The fraction of sp³-hybridized carbons (Fsp3) is 0.500. The zero-order valence-corrected chi connectivity index (χ0v) is 10.6. The Bertz CT molecular complexity index is 337. The first-order valence-corrected chi connectivity index (χ1v) is 6.13. The predicted octanol–water partition coefficient (Wildman–Crippen LogP) is 2.76. The number of carboxylic acids is 1. The van der Waals surface area contributed by atoms with Crippen LogP contribution in [0.1, 0.15) is 32.3 Å². The largest absolute Gasteiger partial charge is 0.481 e. The molecule has 0 saturated heterocycles. The molecule has 0 spiro atoms. The van der Waals surface area contributed by atoms with Crippen molar-refractivity contribution in [3.05, 3.63) is 35.9 Å². The second-order valence-electron chi connectivity index (χ2n) is 4.40. The van der Waals surface area contributed by atoms with Crippen LogP contribution in [0.3, 0.4) is 0 Å². The Morgan fingerprint density at radius 2 is 2.00 bits per heavy atom. The van der Waals surface area contributed by atoms with Crippen molar-refractivity contribution in [2.24, 2.45) is 0 Å². The van der Waals surface area contributed by atoms with E-state index in [0.717, 1.165) is 19.5 Å². The maximum atomic E-state index is 10.7. The second-order valence-corrected chi connectivity index (χ2v) is 4.40. The average Bonchev–Trinajstić information content (AvgIpc) is 2.29. The van der Waals surface area contributed by atoms with Gasteiger partial charge in [0.25, 0.3) is 0 Å². The van der Waals surface area contributed by atoms with Gasteiger partial charge in [-0.25, -0.2) is 0 Å². The van der Waals surface area contributed by atoms with Crippen molar-refractivity contribution in [2.75, 3.05) is 6.54 Å². The van der Waals surface area contributed by atoms with Gasteiger partial charge < -0.3 is 5.11 Å². The first-order valence-electron chi connectivity index (χ1n) is 6.13. The number of aliphatic carboxylic acids is 1. The summed E-state index contributed by atoms with van der Waals surface area (Å²) in [5, 5.41) is 8.84. The van der Waals surface area contributed by atoms with Crippen molar-refractivity contribution < 1.29 is 9.90 Å². The molecular formula is C14H21NO2. The number of hydrogen-bond donors (Lipinski definition) is 1. The van der Waals surface area contributed by atoms with Gasteiger partial charge in [0.15, 0.2) is 0 Å². The van der Waals surface area contributed by atoms with E-state index in [0.29, 0.717) is 0 Å². The molecule has 94 valence electrons. The third-order valence-corrected chi connectivity index (χ3v) is 2.83. The second kappa shape index (κ2) is 7.07. The number of hydrogen-bond acceptors (Lipinski definition) is 2. The summed E-state index contributed by atoms with van der Waals surface area (Å²) in [5.74, 6) is -0.730. The maximum Gasteiger partial charge on any atom is 0.304 e. The zero-order valence-electron chi connectivity index (χ0n) is 10.6. The fourth-order valence-electron chi connectivity index (χ4n) is 1.94. The van der Waals surface area contributed by atoms with Crippen LogP contribution >= 0.6 is 0 Å². The Balaban J connectivity index is 2.62. The van der Waals surface area contributed by atoms with Crippen LogP contribution in [0.15, 0.2) is 30.3 Å². The van der Waals surface area contributed by atoms with E-state index in [2.05, 4.69) is 24.0 Å². The summed E-state index contributed by atoms with van der Waals surface area (Å²) in [6.07, 6.45) is 1.24. The third-order valence-electron chi connectivity index (χ3n) is 2.83. The van der Waals surface area contributed by atoms with Crippen molar-refractivity contribution in [2.45, 2.75) is 39.3 Å². The third kappa shape index (κ3) is 5.00. The van der Waals surface area contributed by atoms with Crippen molar-refractivity contribution in [1.82, 2.24) is 4.90 Å². The number of nitrogens with zero attached hydrogens (tertiary/aromatic N) is 1. The molecule has 0 amide bonds. The van der Waals surface area contributed by atoms with Gasteiger partial charge >= 0.3 is 5.97 Å². The highest BCUT2D eigenvalue weighted by atomic mass is 16.4. The van der Waals surface area contributed by atoms with Gasteiger partial charge in [0.05, 0.1) is 6.42 Å². The lowest BCUT2D eigenvalue weighted by Crippen LogP contribution is -2.34. The van der Waals surface area contributed by atoms with E-state index in [9.17, 15) is 4.79 Å². The molecule has 17 heavy (non-hydrogen) atoms. The molecule has 0 heterocycles. The number of benzene rings is 1. The minimum absolute atomic E-state index is 0.0765. The molecule has 1 atom stereocenters. The van der Waals surface area contributed by atoms with Gasteiger partial charge in [-0.3, -0.25) is 9.69 Å². The molecule has 0 aliphatic heterocycles. The minimum atomic E-state index is -0.730. The van der Waals surface area contributed by atoms with E-state index >= 15 is 0 Å². The Kier molecular flexibility index (Phi) is 5.70. The van der Waals surface area contributed by atoms with Crippen molar-refractivity contribution in [3.63, 3.8) is 0 Å². The van der Waals surface area contributed by atoms with Crippen molar-refractivity contribution in [3.8, 4) is 0 Å². The summed E-state index contributed by atoms with van der Waals surface area (Å²) in [4.78, 5) is 13.0. The molecule has 3 nitrogen and oxygen atoms in total. The van der Waals surface area contributed by atoms with Gasteiger partial charge in [-0.15, -0.1) is 0 Å². The van der Waals surface area contributed by atoms with Gasteiger partial charge in [-0.2, -0.15) is 0 Å². The molecule has 1 unspecified atom stereocenters. The van der Waals surface area contributed by atoms with Crippen molar-refractivity contribution >= 4 is 5.97 Å². The first kappa shape index (κ1) is 13.7. The first-order chi connectivity index (χ1) is 8.13. The lowest BCUT2D eigenvalue weighted by molar-refractivity contribution is -0.138. The highest BCUT2D eigenvalue weighted by molar-refractivity contribution is 5.67. The van der Waals surface area contributed by atoms with E-state index in [1.54, 1.807) is 0 Å². The quantitative estimate of drug-likeness (QED) is 0.790. The van der Waals surface area contributed by atoms with E-state index in [4.69, 9.17) is 5.11 Å². The van der Waals surface area contributed by atoms with Crippen LogP contribution in [0, 0.1) is 0 Å². The molecule has 0 bridgehead atoms. The number of carbonyl (C=O) groups is 1. The van der Waals surface area contributed by atoms with E-state index in [1.807, 2.05) is 25.1 Å². The average molecular weight is 235 g/mol. The molecule has 0 aliphatic carbocycles. The summed E-state index contributed by atoms with van der Waals surface area (Å²) in [6.45, 7) is 5.85. The van der Waals surface area contributed by atoms with Crippen LogP contribution in [0.4, 0.5) is 0 Å². The fourth-order valence-corrected chi connectivity index (χ4v) is 1.94. The molecule has 0 aliphatic rings. The van der Waals surface area contributed by atoms with Gasteiger partial charge in [-0.05, 0) is 25.5 Å². The summed E-state index contributed by atoms with van der Waals surface area (Å²) >= 11 is 0. The zero-order chi connectivity index (χ0) is 12.7.